The van der Waals surface area contributed by atoms with E-state index in [4.69, 9.17) is 19.2 Å². The van der Waals surface area contributed by atoms with E-state index in [-0.39, 0.29) is 34.1 Å². The van der Waals surface area contributed by atoms with Crippen LogP contribution in [0.4, 0.5) is 28.4 Å². The van der Waals surface area contributed by atoms with Crippen LogP contribution >= 0.6 is 0 Å². The molecule has 4 saturated heterocycles. The molecular formula is C51H60N8O8S. The second kappa shape index (κ2) is 18.3. The van der Waals surface area contributed by atoms with Gasteiger partial charge >= 0.3 is 0 Å². The summed E-state index contributed by atoms with van der Waals surface area (Å²) in [6.45, 7) is 8.28. The number of carbonyl (C=O) groups excluding carboxylic acids is 1. The molecule has 6 aliphatic rings. The first-order valence-corrected chi connectivity index (χ1v) is 25.9. The number of hydrogen-bond donors (Lipinski definition) is 3. The summed E-state index contributed by atoms with van der Waals surface area (Å²) in [6, 6.07) is 23.2. The maximum Gasteiger partial charge on any atom is 0.293 e. The molecule has 5 fully saturated rings. The molecule has 1 aliphatic carbocycles. The zero-order valence-corrected chi connectivity index (χ0v) is 39.3. The molecule has 17 heteroatoms. The number of H-pyrrole nitrogens is 1. The molecule has 358 valence electrons. The lowest BCUT2D eigenvalue weighted by atomic mass is 9.59. The minimum Gasteiger partial charge on any atom is -0.470 e. The second-order valence-corrected chi connectivity index (χ2v) is 21.6. The first-order chi connectivity index (χ1) is 33.0. The van der Waals surface area contributed by atoms with E-state index in [1.54, 1.807) is 6.07 Å². The molecule has 7 heterocycles. The van der Waals surface area contributed by atoms with E-state index >= 15 is 0 Å². The first kappa shape index (κ1) is 44.7. The second-order valence-electron chi connectivity index (χ2n) is 19.9. The van der Waals surface area contributed by atoms with Gasteiger partial charge in [-0.2, -0.15) is 4.98 Å². The number of fused-ring (bicyclic) bond motifs is 3. The maximum atomic E-state index is 14.6. The largest absolute Gasteiger partial charge is 0.470 e. The molecule has 1 spiro atoms. The summed E-state index contributed by atoms with van der Waals surface area (Å²) < 4.78 is 48.5. The van der Waals surface area contributed by atoms with Gasteiger partial charge in [0.1, 0.15) is 23.1 Å². The lowest BCUT2D eigenvalue weighted by Crippen LogP contribution is -2.54. The van der Waals surface area contributed by atoms with Gasteiger partial charge < -0.3 is 34.3 Å². The minimum atomic E-state index is -4.58. The molecule has 1 amide bonds. The Morgan fingerprint density at radius 1 is 0.941 bits per heavy atom. The lowest BCUT2D eigenvalue weighted by molar-refractivity contribution is -0.384. The molecule has 2 aromatic heterocycles. The van der Waals surface area contributed by atoms with Crippen LogP contribution in [0.1, 0.15) is 85.3 Å². The van der Waals surface area contributed by atoms with Crippen LogP contribution < -0.4 is 24.6 Å². The summed E-state index contributed by atoms with van der Waals surface area (Å²) in [7, 11) is -4.58. The van der Waals surface area contributed by atoms with Crippen molar-refractivity contribution in [2.24, 2.45) is 17.3 Å². The van der Waals surface area contributed by atoms with Crippen molar-refractivity contribution in [3.63, 3.8) is 0 Å². The number of hydrogen-bond acceptors (Lipinski definition) is 13. The smallest absolute Gasteiger partial charge is 0.293 e. The number of aryl methyl sites for hydroxylation is 1. The highest BCUT2D eigenvalue weighted by molar-refractivity contribution is 7.90. The highest BCUT2D eigenvalue weighted by Gasteiger charge is 2.50. The van der Waals surface area contributed by atoms with Gasteiger partial charge in [0.15, 0.2) is 0 Å². The Labute approximate surface area is 396 Å². The van der Waals surface area contributed by atoms with Crippen LogP contribution in [0.3, 0.4) is 0 Å². The normalized spacial score (nSPS) is 23.3. The first-order valence-electron chi connectivity index (χ1n) is 24.4. The number of nitrogens with zero attached hydrogens (tertiary/aromatic N) is 5. The van der Waals surface area contributed by atoms with Crippen molar-refractivity contribution in [1.29, 1.82) is 0 Å². The molecule has 0 bridgehead atoms. The fourth-order valence-electron chi connectivity index (χ4n) is 11.9. The Morgan fingerprint density at radius 2 is 1.75 bits per heavy atom. The van der Waals surface area contributed by atoms with Gasteiger partial charge in [-0.1, -0.05) is 24.3 Å². The van der Waals surface area contributed by atoms with E-state index < -0.39 is 26.5 Å². The Bertz CT molecular complexity index is 2820. The molecular weight excluding hydrogens is 885 g/mol. The van der Waals surface area contributed by atoms with Crippen molar-refractivity contribution >= 4 is 55.4 Å². The zero-order chi connectivity index (χ0) is 46.6. The highest BCUT2D eigenvalue weighted by Crippen LogP contribution is 2.54. The van der Waals surface area contributed by atoms with Gasteiger partial charge in [0, 0.05) is 87.3 Å². The van der Waals surface area contributed by atoms with Gasteiger partial charge in [-0.15, -0.1) is 0 Å². The van der Waals surface area contributed by atoms with Gasteiger partial charge in [-0.25, -0.2) is 13.1 Å². The van der Waals surface area contributed by atoms with E-state index in [2.05, 4.69) is 60.9 Å². The number of sulfonamides is 1. The Balaban J connectivity index is 0.879. The van der Waals surface area contributed by atoms with Crippen LogP contribution in [0.2, 0.25) is 0 Å². The number of ether oxygens (including phenoxy) is 3. The molecule has 3 atom stereocenters. The van der Waals surface area contributed by atoms with E-state index in [1.807, 2.05) is 30.5 Å². The number of rotatable bonds is 11. The highest BCUT2D eigenvalue weighted by atomic mass is 32.2. The van der Waals surface area contributed by atoms with Gasteiger partial charge in [0.2, 0.25) is 5.88 Å². The number of pyridine rings is 1. The van der Waals surface area contributed by atoms with E-state index in [0.29, 0.717) is 79.9 Å². The number of benzene rings is 3. The summed E-state index contributed by atoms with van der Waals surface area (Å²) in [5.74, 6) is -0.175. The van der Waals surface area contributed by atoms with Crippen molar-refractivity contribution in [1.82, 2.24) is 19.6 Å². The summed E-state index contributed by atoms with van der Waals surface area (Å²) in [5, 5.41) is 16.3. The van der Waals surface area contributed by atoms with Crippen LogP contribution in [0.5, 0.6) is 5.88 Å². The van der Waals surface area contributed by atoms with E-state index in [9.17, 15) is 23.3 Å². The lowest BCUT2D eigenvalue weighted by Gasteiger charge is -2.56. The summed E-state index contributed by atoms with van der Waals surface area (Å²) in [5.41, 5.74) is 5.87. The number of piperidine rings is 1. The topological polar surface area (TPSA) is 184 Å². The molecule has 11 rings (SSSR count). The number of aromatic nitrogens is 2. The van der Waals surface area contributed by atoms with Crippen molar-refractivity contribution in [2.75, 3.05) is 74.3 Å². The van der Waals surface area contributed by atoms with Crippen LogP contribution in [-0.4, -0.2) is 105 Å². The number of nitro benzene ring substituents is 1. The van der Waals surface area contributed by atoms with Crippen LogP contribution in [0.15, 0.2) is 83.9 Å². The fourth-order valence-corrected chi connectivity index (χ4v) is 12.9. The average molecular weight is 945 g/mol. The summed E-state index contributed by atoms with van der Waals surface area (Å²) in [6.07, 6.45) is 10.9. The number of amides is 1. The number of aromatic amines is 1. The zero-order valence-electron chi connectivity index (χ0n) is 38.5. The molecule has 3 N–H and O–H groups in total. The predicted molar refractivity (Wildman–Crippen MR) is 259 cm³/mol. The van der Waals surface area contributed by atoms with Crippen LogP contribution in [0, 0.1) is 34.3 Å². The molecule has 1 saturated carbocycles. The molecule has 0 unspecified atom stereocenters. The van der Waals surface area contributed by atoms with Gasteiger partial charge in [0.25, 0.3) is 21.6 Å². The molecule has 16 nitrogen and oxygen atoms in total. The van der Waals surface area contributed by atoms with Crippen molar-refractivity contribution in [3.8, 4) is 5.88 Å². The Morgan fingerprint density at radius 3 is 2.56 bits per heavy atom. The molecule has 3 aromatic carbocycles. The molecule has 68 heavy (non-hydrogen) atoms. The minimum absolute atomic E-state index is 0.0149. The molecule has 5 aromatic rings. The fraction of sp³-hybridized carbons (Fsp3) is 0.490. The van der Waals surface area contributed by atoms with Gasteiger partial charge in [-0.05, 0) is 136 Å². The van der Waals surface area contributed by atoms with E-state index in [0.717, 1.165) is 68.9 Å². The third-order valence-electron chi connectivity index (χ3n) is 15.9. The van der Waals surface area contributed by atoms with Gasteiger partial charge in [-0.3, -0.25) is 19.8 Å². The number of anilines is 4. The Kier molecular flexibility index (Phi) is 12.0. The molecule has 5 aliphatic heterocycles. The summed E-state index contributed by atoms with van der Waals surface area (Å²) >= 11 is 0. The van der Waals surface area contributed by atoms with Crippen molar-refractivity contribution in [3.05, 3.63) is 106 Å². The number of likely N-dealkylation sites (tertiary alicyclic amines) is 1. The monoisotopic (exact) mass is 944 g/mol. The predicted octanol–water partition coefficient (Wildman–Crippen LogP) is 8.26. The third kappa shape index (κ3) is 8.66. The maximum absolute atomic E-state index is 14.6. The number of nitrogens with one attached hydrogen (secondary N) is 3. The number of carbonyl (C=O) groups is 1. The van der Waals surface area contributed by atoms with Crippen molar-refractivity contribution < 1.29 is 32.3 Å². The summed E-state index contributed by atoms with van der Waals surface area (Å²) in [4.78, 5) is 41.3. The van der Waals surface area contributed by atoms with Crippen LogP contribution in [0.25, 0.3) is 11.0 Å². The average Bonchev–Trinajstić information content (AvgIpc) is 3.98. The van der Waals surface area contributed by atoms with Crippen LogP contribution in [-0.2, 0) is 19.5 Å². The standard InChI is InChI=1S/C51H60N8O8S/c1-33-5-2-3-6-40(33)43-7-4-19-57(43)38-28-51(29-38)16-20-56(21-17-51)37-8-10-41(44(26-37)58-31-36-15-24-66-32-47(36)67-50-46(58)25-35-12-18-52-48(35)54-50)49(60)55-68(63,64)39-9-11-42(45(27-39)59(61)62)53-30-34-13-22-65-23-14-34/h2-3,5-6,8-12,18,25-27,34,36,38,43,47,53H,4,7,13-17,19-24,28-32H2,1H3,(H,52,54)(H,55,60)/t36-,43+,47+/m1/s1. The quantitative estimate of drug-likeness (QED) is 0.0851. The SMILES string of the molecule is Cc1ccccc1[C@@H]1CCCN1C1CC2(CCN(c3ccc(C(=O)NS(=O)(=O)c4ccc(NCC5CCOCC5)c([N+](=O)[O-])c4)c(N4C[C@H]5CCOC[C@@H]5Oc5nc6[nH]ccc6cc54)c3)CC2)C1. The third-order valence-corrected chi connectivity index (χ3v) is 17.2. The molecule has 0 radical (unpaired) electrons. The van der Waals surface area contributed by atoms with E-state index in [1.165, 1.54) is 48.9 Å². The Hall–Kier alpha value is -5.75. The van der Waals surface area contributed by atoms with Gasteiger partial charge in [0.05, 0.1) is 27.7 Å². The van der Waals surface area contributed by atoms with Crippen molar-refractivity contribution in [2.45, 2.75) is 87.8 Å². The number of nitro groups is 1.